The van der Waals surface area contributed by atoms with Crippen LogP contribution >= 0.6 is 0 Å². The van der Waals surface area contributed by atoms with Gasteiger partial charge in [-0.25, -0.2) is 24.8 Å². The fourth-order valence-electron chi connectivity index (χ4n) is 9.69. The van der Waals surface area contributed by atoms with Crippen LogP contribution in [0.4, 0.5) is 18.9 Å². The molecule has 10 heteroatoms. The summed E-state index contributed by atoms with van der Waals surface area (Å²) in [5.74, 6) is 0.383. The molecule has 75 heavy (non-hydrogen) atoms. The molecule has 0 saturated heterocycles. The van der Waals surface area contributed by atoms with Gasteiger partial charge in [-0.15, -0.1) is 0 Å². The lowest BCUT2D eigenvalue weighted by Crippen LogP contribution is -2.11. The standard InChI is InChI=1S/C65H38F3N7/c1-70-51-27-15-26-47(33-51)49-29-31-61-53(35-49)52-34-48(46-25-14-16-41(32-46)40-69)28-30-60(52)75(61)62-54(59-39-58(44-21-10-4-11-22-44)71-63(74-59)45-23-12-5-13-24-45)36-50(65(66,67)68)37-55(62)64-72-56(42-17-6-2-7-18-42)38-57(73-64)43-19-8-3-9-20-43/h2-39H. The Morgan fingerprint density at radius 3 is 1.37 bits per heavy atom. The molecule has 0 fully saturated rings. The van der Waals surface area contributed by atoms with E-state index in [-0.39, 0.29) is 22.6 Å². The lowest BCUT2D eigenvalue weighted by atomic mass is 9.96. The molecule has 0 aliphatic rings. The number of fused-ring (bicyclic) bond motifs is 3. The van der Waals surface area contributed by atoms with Crippen LogP contribution in [0.15, 0.2) is 231 Å². The Bertz CT molecular complexity index is 3860. The summed E-state index contributed by atoms with van der Waals surface area (Å²) < 4.78 is 49.8. The predicted octanol–water partition coefficient (Wildman–Crippen LogP) is 17.1. The smallest absolute Gasteiger partial charge is 0.308 e. The number of nitriles is 1. The van der Waals surface area contributed by atoms with Crippen LogP contribution < -0.4 is 0 Å². The number of aromatic nitrogens is 5. The van der Waals surface area contributed by atoms with E-state index in [4.69, 9.17) is 26.5 Å². The first kappa shape index (κ1) is 45.8. The second-order valence-electron chi connectivity index (χ2n) is 18.0. The summed E-state index contributed by atoms with van der Waals surface area (Å²) in [6.07, 6.45) is -4.83. The minimum atomic E-state index is -4.83. The third kappa shape index (κ3) is 8.84. The van der Waals surface area contributed by atoms with Crippen LogP contribution in [0.5, 0.6) is 0 Å². The van der Waals surface area contributed by atoms with Gasteiger partial charge in [0.25, 0.3) is 0 Å². The number of benzene rings is 9. The van der Waals surface area contributed by atoms with Crippen molar-refractivity contribution in [1.82, 2.24) is 24.5 Å². The summed E-state index contributed by atoms with van der Waals surface area (Å²) in [6.45, 7) is 7.77. The van der Waals surface area contributed by atoms with Crippen LogP contribution in [-0.2, 0) is 6.18 Å². The minimum absolute atomic E-state index is 0.0608. The van der Waals surface area contributed by atoms with Crippen LogP contribution in [0.1, 0.15) is 11.1 Å². The monoisotopic (exact) mass is 973 g/mol. The fourth-order valence-corrected chi connectivity index (χ4v) is 9.69. The first-order chi connectivity index (χ1) is 36.7. The van der Waals surface area contributed by atoms with Gasteiger partial charge in [-0.2, -0.15) is 18.4 Å². The van der Waals surface area contributed by atoms with Crippen molar-refractivity contribution < 1.29 is 13.2 Å². The van der Waals surface area contributed by atoms with Crippen LogP contribution in [0, 0.1) is 17.9 Å². The molecular weight excluding hydrogens is 936 g/mol. The molecule has 12 aromatic rings. The molecule has 9 aromatic carbocycles. The Morgan fingerprint density at radius 1 is 0.413 bits per heavy atom. The molecule has 0 unspecified atom stereocenters. The van der Waals surface area contributed by atoms with E-state index in [0.717, 1.165) is 55.8 Å². The molecule has 0 bridgehead atoms. The van der Waals surface area contributed by atoms with Gasteiger partial charge < -0.3 is 4.57 Å². The average molecular weight is 974 g/mol. The summed E-state index contributed by atoms with van der Waals surface area (Å²) in [4.78, 5) is 24.3. The Balaban J connectivity index is 1.25. The fraction of sp³-hybridized carbons (Fsp3) is 0.0154. The predicted molar refractivity (Wildman–Crippen MR) is 291 cm³/mol. The minimum Gasteiger partial charge on any atom is -0.308 e. The van der Waals surface area contributed by atoms with Gasteiger partial charge in [0, 0.05) is 44.2 Å². The highest BCUT2D eigenvalue weighted by Crippen LogP contribution is 2.46. The number of alkyl halides is 3. The lowest BCUT2D eigenvalue weighted by Gasteiger charge is -2.22. The summed E-state index contributed by atoms with van der Waals surface area (Å²) >= 11 is 0. The van der Waals surface area contributed by atoms with Gasteiger partial charge in [0.2, 0.25) is 0 Å². The molecule has 0 radical (unpaired) electrons. The molecule has 354 valence electrons. The van der Waals surface area contributed by atoms with Crippen molar-refractivity contribution in [3.8, 4) is 102 Å². The number of hydrogen-bond acceptors (Lipinski definition) is 5. The lowest BCUT2D eigenvalue weighted by molar-refractivity contribution is -0.137. The molecule has 0 aliphatic carbocycles. The van der Waals surface area contributed by atoms with Crippen molar-refractivity contribution >= 4 is 27.5 Å². The molecule has 0 spiro atoms. The number of halogens is 3. The zero-order valence-corrected chi connectivity index (χ0v) is 39.7. The van der Waals surface area contributed by atoms with Gasteiger partial charge >= 0.3 is 6.18 Å². The molecule has 3 aromatic heterocycles. The highest BCUT2D eigenvalue weighted by Gasteiger charge is 2.35. The molecule has 3 heterocycles. The highest BCUT2D eigenvalue weighted by molar-refractivity contribution is 6.13. The van der Waals surface area contributed by atoms with E-state index in [0.29, 0.717) is 56.4 Å². The average Bonchev–Trinajstić information content (AvgIpc) is 3.81. The summed E-state index contributed by atoms with van der Waals surface area (Å²) in [5.41, 5.74) is 10.0. The van der Waals surface area contributed by atoms with Crippen molar-refractivity contribution in [3.05, 3.63) is 253 Å². The second kappa shape index (κ2) is 19.0. The molecule has 0 saturated carbocycles. The molecule has 0 atom stereocenters. The maximum atomic E-state index is 15.9. The third-order valence-corrected chi connectivity index (χ3v) is 13.3. The van der Waals surface area contributed by atoms with Crippen molar-refractivity contribution in [3.63, 3.8) is 0 Å². The molecular formula is C65H38F3N7. The zero-order chi connectivity index (χ0) is 51.0. The van der Waals surface area contributed by atoms with Gasteiger partial charge in [0.15, 0.2) is 17.3 Å². The van der Waals surface area contributed by atoms with E-state index in [9.17, 15) is 5.26 Å². The van der Waals surface area contributed by atoms with Crippen LogP contribution in [-0.4, -0.2) is 24.5 Å². The Hall–Kier alpha value is -10.3. The molecule has 0 aliphatic heterocycles. The number of rotatable bonds is 9. The van der Waals surface area contributed by atoms with Crippen molar-refractivity contribution in [2.45, 2.75) is 6.18 Å². The maximum Gasteiger partial charge on any atom is 0.416 e. The van der Waals surface area contributed by atoms with E-state index < -0.39 is 11.7 Å². The van der Waals surface area contributed by atoms with Gasteiger partial charge in [0.05, 0.1) is 63.3 Å². The van der Waals surface area contributed by atoms with Crippen molar-refractivity contribution in [2.24, 2.45) is 0 Å². The summed E-state index contributed by atoms with van der Waals surface area (Å²) in [6, 6.07) is 72.9. The van der Waals surface area contributed by atoms with E-state index in [1.54, 1.807) is 18.2 Å². The highest BCUT2D eigenvalue weighted by atomic mass is 19.4. The first-order valence-corrected chi connectivity index (χ1v) is 24.0. The van der Waals surface area contributed by atoms with E-state index in [1.165, 1.54) is 6.07 Å². The topological polar surface area (TPSA) is 84.6 Å². The largest absolute Gasteiger partial charge is 0.416 e. The van der Waals surface area contributed by atoms with Gasteiger partial charge in [-0.05, 0) is 89.0 Å². The Labute approximate surface area is 429 Å². The second-order valence-corrected chi connectivity index (χ2v) is 18.0. The van der Waals surface area contributed by atoms with Crippen LogP contribution in [0.25, 0.3) is 122 Å². The van der Waals surface area contributed by atoms with Gasteiger partial charge in [-0.1, -0.05) is 164 Å². The molecule has 12 rings (SSSR count). The van der Waals surface area contributed by atoms with Crippen molar-refractivity contribution in [2.75, 3.05) is 0 Å². The normalized spacial score (nSPS) is 11.4. The van der Waals surface area contributed by atoms with Crippen molar-refractivity contribution in [1.29, 1.82) is 5.26 Å². The SMILES string of the molecule is [C-]#[N+]c1cccc(-c2ccc3c(c2)c2cc(-c4cccc(C#N)c4)ccc2n3-c2c(-c3cc(-c4ccccc4)nc(-c4ccccc4)n3)cc(C(F)(F)F)cc2-c2nc(-c3ccccc3)cc(-c3ccccc3)n2)c1. The van der Waals surface area contributed by atoms with Gasteiger partial charge in [-0.3, -0.25) is 0 Å². The first-order valence-electron chi connectivity index (χ1n) is 24.0. The van der Waals surface area contributed by atoms with Crippen LogP contribution in [0.2, 0.25) is 0 Å². The summed E-state index contributed by atoms with van der Waals surface area (Å²) in [7, 11) is 0. The number of nitrogens with zero attached hydrogens (tertiary/aromatic N) is 7. The molecule has 7 nitrogen and oxygen atoms in total. The van der Waals surface area contributed by atoms with Gasteiger partial charge in [0.1, 0.15) is 0 Å². The molecule has 0 N–H and O–H groups in total. The zero-order valence-electron chi connectivity index (χ0n) is 39.7. The van der Waals surface area contributed by atoms with Crippen LogP contribution in [0.3, 0.4) is 0 Å². The van der Waals surface area contributed by atoms with E-state index >= 15 is 13.2 Å². The Morgan fingerprint density at radius 2 is 0.853 bits per heavy atom. The third-order valence-electron chi connectivity index (χ3n) is 13.3. The Kier molecular flexibility index (Phi) is 11.6. The quantitative estimate of drug-likeness (QED) is 0.135. The maximum absolute atomic E-state index is 15.9. The summed E-state index contributed by atoms with van der Waals surface area (Å²) in [5, 5.41) is 11.5. The number of hydrogen-bond donors (Lipinski definition) is 0. The van der Waals surface area contributed by atoms with E-state index in [2.05, 4.69) is 23.0 Å². The molecule has 0 amide bonds. The van der Waals surface area contributed by atoms with E-state index in [1.807, 2.05) is 193 Å².